The molecule has 0 radical (unpaired) electrons. The van der Waals surface area contributed by atoms with Crippen molar-refractivity contribution in [3.8, 4) is 34.5 Å². The second kappa shape index (κ2) is 27.1. The van der Waals surface area contributed by atoms with E-state index in [0.29, 0.717) is 33.8 Å². The molecule has 0 unspecified atom stereocenters. The Morgan fingerprint density at radius 3 is 0.767 bits per heavy atom. The number of hydrogen-bond donors (Lipinski definition) is 2. The van der Waals surface area contributed by atoms with Crippen LogP contribution in [-0.4, -0.2) is 96.9 Å². The third-order valence-corrected chi connectivity index (χ3v) is 14.7. The zero-order chi connectivity index (χ0) is 63.1. The maximum atomic E-state index is 12.9. The number of phenols is 2. The lowest BCUT2D eigenvalue weighted by Crippen LogP contribution is -2.18. The summed E-state index contributed by atoms with van der Waals surface area (Å²) in [6.45, 7) is 32.9. The van der Waals surface area contributed by atoms with Crippen molar-refractivity contribution >= 4 is 23.9 Å². The summed E-state index contributed by atoms with van der Waals surface area (Å²) in [6.07, 6.45) is 1.02. The minimum atomic E-state index is -0.717. The molecule has 4 aromatic carbocycles. The Labute approximate surface area is 506 Å². The standard InChI is InChI=1S/C70H86N2O14/c1-17-79-63(75)55-37-53(38-56(71-55)64(76)80-18-2)83-21-23-85-61-45-25-41-29-49(67(5,6)7)31-43(59(41)73)27-47-35-52(70(14,15)16)36-48(62(47)86-24-22-84-54-39-57(65(77)81-19-3)72-58(40-54)66(78)82-20-4)28-44-32-50(68(8,9)10)30-42(60(44)74)26-46(61)34-51(33-45)69(11,12)13/h29-40,73-74H,17-28H2,1-16H3. The second-order valence-electron chi connectivity index (χ2n) is 25.7. The molecule has 460 valence electrons. The lowest BCUT2D eigenvalue weighted by molar-refractivity contribution is 0.0491. The molecule has 8 bridgehead atoms. The van der Waals surface area contributed by atoms with E-state index in [2.05, 4.69) is 142 Å². The Morgan fingerprint density at radius 2 is 0.558 bits per heavy atom. The van der Waals surface area contributed by atoms with Crippen molar-refractivity contribution in [2.45, 2.75) is 158 Å². The molecule has 1 aliphatic rings. The molecule has 7 rings (SSSR count). The van der Waals surface area contributed by atoms with Gasteiger partial charge in [0, 0.05) is 49.9 Å². The number of benzene rings is 4. The zero-order valence-corrected chi connectivity index (χ0v) is 53.1. The summed E-state index contributed by atoms with van der Waals surface area (Å²) in [7, 11) is 0. The van der Waals surface area contributed by atoms with Crippen LogP contribution in [0.2, 0.25) is 0 Å². The number of aromatic nitrogens is 2. The lowest BCUT2D eigenvalue weighted by atomic mass is 9.79. The normalized spacial score (nSPS) is 12.7. The van der Waals surface area contributed by atoms with Crippen molar-refractivity contribution < 1.29 is 67.3 Å². The van der Waals surface area contributed by atoms with Crippen LogP contribution in [-0.2, 0) is 66.3 Å². The minimum absolute atomic E-state index is 0.0142. The van der Waals surface area contributed by atoms with Crippen molar-refractivity contribution in [1.82, 2.24) is 9.97 Å². The fourth-order valence-electron chi connectivity index (χ4n) is 10.0. The number of hydrogen-bond acceptors (Lipinski definition) is 16. The highest BCUT2D eigenvalue weighted by Crippen LogP contribution is 2.44. The van der Waals surface area contributed by atoms with Gasteiger partial charge in [-0.25, -0.2) is 29.1 Å². The van der Waals surface area contributed by atoms with Gasteiger partial charge < -0.3 is 48.1 Å². The molecule has 0 amide bonds. The Kier molecular flexibility index (Phi) is 20.6. The van der Waals surface area contributed by atoms with E-state index in [9.17, 15) is 29.4 Å². The Balaban J connectivity index is 1.39. The summed E-state index contributed by atoms with van der Waals surface area (Å²) < 4.78 is 47.1. The summed E-state index contributed by atoms with van der Waals surface area (Å²) >= 11 is 0. The summed E-state index contributed by atoms with van der Waals surface area (Å²) in [5.74, 6) is -1.12. The number of carbonyl (C=O) groups excluding carboxylic acids is 4. The quantitative estimate of drug-likeness (QED) is 0.0465. The number of aromatic hydroxyl groups is 2. The molecule has 0 fully saturated rings. The molecular weight excluding hydrogens is 1090 g/mol. The maximum Gasteiger partial charge on any atom is 0.357 e. The van der Waals surface area contributed by atoms with Gasteiger partial charge in [-0.1, -0.05) is 132 Å². The number of nitrogens with zero attached hydrogens (tertiary/aromatic N) is 2. The van der Waals surface area contributed by atoms with Gasteiger partial charge in [0.2, 0.25) is 0 Å². The molecule has 0 aliphatic heterocycles. The fourth-order valence-corrected chi connectivity index (χ4v) is 10.0. The average Bonchev–Trinajstić information content (AvgIpc) is 1.63. The van der Waals surface area contributed by atoms with Crippen LogP contribution in [0.5, 0.6) is 34.5 Å². The third kappa shape index (κ3) is 16.2. The molecule has 16 heteroatoms. The number of fused-ring (bicyclic) bond motifs is 8. The Hall–Kier alpha value is -8.14. The summed E-state index contributed by atoms with van der Waals surface area (Å²) in [5, 5.41) is 25.7. The number of esters is 4. The van der Waals surface area contributed by atoms with Crippen LogP contribution in [0, 0.1) is 0 Å². The van der Waals surface area contributed by atoms with Crippen molar-refractivity contribution in [2.75, 3.05) is 52.9 Å². The summed E-state index contributed by atoms with van der Waals surface area (Å²) in [6, 6.07) is 22.5. The van der Waals surface area contributed by atoms with Gasteiger partial charge in [0.05, 0.1) is 26.4 Å². The Morgan fingerprint density at radius 1 is 0.349 bits per heavy atom. The van der Waals surface area contributed by atoms with Gasteiger partial charge in [0.15, 0.2) is 22.8 Å². The molecule has 6 aromatic rings. The highest BCUT2D eigenvalue weighted by atomic mass is 16.6. The highest BCUT2D eigenvalue weighted by molar-refractivity contribution is 5.93. The minimum Gasteiger partial charge on any atom is -0.507 e. The first-order chi connectivity index (χ1) is 40.4. The second-order valence-corrected chi connectivity index (χ2v) is 25.7. The van der Waals surface area contributed by atoms with Gasteiger partial charge in [-0.2, -0.15) is 0 Å². The average molecular weight is 1180 g/mol. The van der Waals surface area contributed by atoms with Crippen LogP contribution >= 0.6 is 0 Å². The van der Waals surface area contributed by atoms with Gasteiger partial charge >= 0.3 is 23.9 Å². The van der Waals surface area contributed by atoms with E-state index in [1.54, 1.807) is 27.7 Å². The third-order valence-electron chi connectivity index (χ3n) is 14.7. The number of pyridine rings is 2. The molecule has 2 aromatic heterocycles. The number of phenolic OH excluding ortho intramolecular Hbond substituents is 2. The van der Waals surface area contributed by atoms with Crippen LogP contribution < -0.4 is 18.9 Å². The van der Waals surface area contributed by atoms with Crippen LogP contribution in [0.4, 0.5) is 0 Å². The van der Waals surface area contributed by atoms with Crippen molar-refractivity contribution in [1.29, 1.82) is 0 Å². The maximum absolute atomic E-state index is 12.9. The molecule has 0 atom stereocenters. The summed E-state index contributed by atoms with van der Waals surface area (Å²) in [4.78, 5) is 60.0. The summed E-state index contributed by atoms with van der Waals surface area (Å²) in [5.41, 5.74) is 8.15. The monoisotopic (exact) mass is 1180 g/mol. The topological polar surface area (TPSA) is 208 Å². The molecule has 1 aliphatic carbocycles. The van der Waals surface area contributed by atoms with Gasteiger partial charge in [0.25, 0.3) is 0 Å². The molecule has 2 N–H and O–H groups in total. The predicted molar refractivity (Wildman–Crippen MR) is 329 cm³/mol. The van der Waals surface area contributed by atoms with E-state index >= 15 is 0 Å². The predicted octanol–water partition coefficient (Wildman–Crippen LogP) is 13.4. The molecule has 86 heavy (non-hydrogen) atoms. The number of rotatable bonds is 18. The fraction of sp³-hybridized carbons (Fsp3) is 0.457. The van der Waals surface area contributed by atoms with Gasteiger partial charge in [-0.05, 0) is 116 Å². The molecule has 16 nitrogen and oxygen atoms in total. The van der Waals surface area contributed by atoms with Crippen LogP contribution in [0.1, 0.15) is 219 Å². The SMILES string of the molecule is CCOC(=O)c1cc(OCCOc2c3cc(C(C)(C)C)cc2Cc2cc(C(C)(C)C)cc(c2O)Cc2cc(C(C)(C)C)cc(c2OCCOc2cc(C(=O)OCC)nc(C(=O)OCC)c2)Cc2cc(C(C)(C)C)cc(c2O)C3)cc(C(=O)OCC)n1. The number of ether oxygens (including phenoxy) is 8. The molecule has 2 heterocycles. The molecule has 0 saturated heterocycles. The molecule has 0 spiro atoms. The first-order valence-corrected chi connectivity index (χ1v) is 29.7. The Bertz CT molecular complexity index is 3080. The van der Waals surface area contributed by atoms with E-state index < -0.39 is 23.9 Å². The largest absolute Gasteiger partial charge is 0.507 e. The molecule has 0 saturated carbocycles. The molecular formula is C70H86N2O14. The van der Waals surface area contributed by atoms with Gasteiger partial charge in [0.1, 0.15) is 60.9 Å². The highest BCUT2D eigenvalue weighted by Gasteiger charge is 2.30. The van der Waals surface area contributed by atoms with Crippen molar-refractivity contribution in [2.24, 2.45) is 0 Å². The van der Waals surface area contributed by atoms with Crippen LogP contribution in [0.25, 0.3) is 0 Å². The first-order valence-electron chi connectivity index (χ1n) is 29.7. The smallest absolute Gasteiger partial charge is 0.357 e. The van der Waals surface area contributed by atoms with Crippen molar-refractivity contribution in [3.63, 3.8) is 0 Å². The van der Waals surface area contributed by atoms with E-state index in [-0.39, 0.29) is 146 Å². The van der Waals surface area contributed by atoms with E-state index in [1.165, 1.54) is 24.3 Å². The van der Waals surface area contributed by atoms with Crippen LogP contribution in [0.3, 0.4) is 0 Å². The van der Waals surface area contributed by atoms with Crippen molar-refractivity contribution in [3.05, 3.63) is 162 Å². The number of carbonyl (C=O) groups is 4. The van der Waals surface area contributed by atoms with E-state index in [0.717, 1.165) is 44.5 Å². The first kappa shape index (κ1) is 65.4. The van der Waals surface area contributed by atoms with E-state index in [4.69, 9.17) is 37.9 Å². The van der Waals surface area contributed by atoms with Crippen LogP contribution in [0.15, 0.2) is 72.8 Å². The van der Waals surface area contributed by atoms with Gasteiger partial charge in [-0.15, -0.1) is 0 Å². The lowest BCUT2D eigenvalue weighted by Gasteiger charge is -2.28. The van der Waals surface area contributed by atoms with Gasteiger partial charge in [-0.3, -0.25) is 0 Å². The zero-order valence-electron chi connectivity index (χ0n) is 53.1. The van der Waals surface area contributed by atoms with E-state index in [1.807, 2.05) is 0 Å².